The van der Waals surface area contributed by atoms with Gasteiger partial charge >= 0.3 is 6.18 Å². The second kappa shape index (κ2) is 8.15. The van der Waals surface area contributed by atoms with Crippen molar-refractivity contribution in [2.75, 3.05) is 18.4 Å². The fourth-order valence-electron chi connectivity index (χ4n) is 3.06. The highest BCUT2D eigenvalue weighted by Crippen LogP contribution is 2.30. The van der Waals surface area contributed by atoms with Crippen LogP contribution in [-0.4, -0.2) is 41.3 Å². The van der Waals surface area contributed by atoms with Crippen molar-refractivity contribution < 1.29 is 26.4 Å². The molecule has 0 unspecified atom stereocenters. The smallest absolute Gasteiger partial charge is 0.327 e. The van der Waals surface area contributed by atoms with Crippen LogP contribution in [0.15, 0.2) is 41.8 Å². The zero-order valence-electron chi connectivity index (χ0n) is 15.7. The normalized spacial score (nSPS) is 16.7. The summed E-state index contributed by atoms with van der Waals surface area (Å²) >= 11 is 0. The lowest BCUT2D eigenvalue weighted by Gasteiger charge is -2.28. The molecule has 1 aromatic heterocycles. The first kappa shape index (κ1) is 21.3. The van der Waals surface area contributed by atoms with Crippen LogP contribution in [-0.2, 0) is 27.5 Å². The molecule has 1 aliphatic rings. The molecule has 1 amide bonds. The number of rotatable bonds is 5. The first-order valence-corrected chi connectivity index (χ1v) is 10.5. The van der Waals surface area contributed by atoms with Gasteiger partial charge in [-0.3, -0.25) is 4.79 Å². The zero-order chi connectivity index (χ0) is 21.2. The Labute approximate surface area is 166 Å². The number of anilines is 1. The van der Waals surface area contributed by atoms with Gasteiger partial charge in [-0.05, 0) is 37.0 Å². The van der Waals surface area contributed by atoms with E-state index in [-0.39, 0.29) is 17.3 Å². The standard InChI is InChI=1S/C18H21F3N4O3S/c1-13-5-7-25(8-6-13)29(27,28)17-11-24(12-22-17)10-16(26)23-15-4-2-3-14(9-15)18(19,20)21/h2-4,9,11-13H,5-8,10H2,1H3,(H,23,26). The molecule has 158 valence electrons. The number of nitrogens with one attached hydrogen (secondary N) is 1. The number of benzene rings is 1. The Morgan fingerprint density at radius 1 is 1.28 bits per heavy atom. The number of hydrogen-bond acceptors (Lipinski definition) is 4. The molecule has 0 aliphatic carbocycles. The lowest BCUT2D eigenvalue weighted by atomic mass is 10.0. The lowest BCUT2D eigenvalue weighted by Crippen LogP contribution is -2.38. The van der Waals surface area contributed by atoms with Crippen molar-refractivity contribution in [3.8, 4) is 0 Å². The number of nitrogens with zero attached hydrogens (tertiary/aromatic N) is 3. The number of amides is 1. The number of imidazole rings is 1. The molecule has 2 aromatic rings. The molecule has 0 atom stereocenters. The van der Waals surface area contributed by atoms with Gasteiger partial charge in [0.15, 0.2) is 5.03 Å². The van der Waals surface area contributed by atoms with Crippen LogP contribution in [0, 0.1) is 5.92 Å². The van der Waals surface area contributed by atoms with Crippen LogP contribution in [0.5, 0.6) is 0 Å². The molecule has 11 heteroatoms. The van der Waals surface area contributed by atoms with E-state index in [2.05, 4.69) is 17.2 Å². The Hall–Kier alpha value is -2.40. The number of carbonyl (C=O) groups is 1. The zero-order valence-corrected chi connectivity index (χ0v) is 16.5. The average Bonchev–Trinajstić information content (AvgIpc) is 3.11. The van der Waals surface area contributed by atoms with Crippen molar-refractivity contribution in [1.29, 1.82) is 0 Å². The Bertz CT molecular complexity index is 980. The number of sulfonamides is 1. The van der Waals surface area contributed by atoms with Crippen molar-refractivity contribution in [3.63, 3.8) is 0 Å². The summed E-state index contributed by atoms with van der Waals surface area (Å²) in [5, 5.41) is 2.22. The highest BCUT2D eigenvalue weighted by molar-refractivity contribution is 7.89. The van der Waals surface area contributed by atoms with E-state index in [1.165, 1.54) is 33.5 Å². The largest absolute Gasteiger partial charge is 0.416 e. The molecule has 29 heavy (non-hydrogen) atoms. The number of halogens is 3. The second-order valence-corrected chi connectivity index (χ2v) is 8.98. The van der Waals surface area contributed by atoms with Gasteiger partial charge in [-0.15, -0.1) is 0 Å². The van der Waals surface area contributed by atoms with E-state index < -0.39 is 27.7 Å². The van der Waals surface area contributed by atoms with E-state index in [1.54, 1.807) is 0 Å². The summed E-state index contributed by atoms with van der Waals surface area (Å²) in [7, 11) is -3.74. The number of hydrogen-bond donors (Lipinski definition) is 1. The van der Waals surface area contributed by atoms with Gasteiger partial charge in [0.25, 0.3) is 10.0 Å². The van der Waals surface area contributed by atoms with Crippen LogP contribution >= 0.6 is 0 Å². The fourth-order valence-corrected chi connectivity index (χ4v) is 4.46. The number of alkyl halides is 3. The predicted octanol–water partition coefficient (Wildman–Crippen LogP) is 2.96. The predicted molar refractivity (Wildman–Crippen MR) is 99.5 cm³/mol. The van der Waals surface area contributed by atoms with Crippen molar-refractivity contribution in [1.82, 2.24) is 13.9 Å². The van der Waals surface area contributed by atoms with Crippen LogP contribution in [0.25, 0.3) is 0 Å². The van der Waals surface area contributed by atoms with Gasteiger partial charge in [0, 0.05) is 25.0 Å². The highest BCUT2D eigenvalue weighted by Gasteiger charge is 2.31. The van der Waals surface area contributed by atoms with Crippen LogP contribution in [0.1, 0.15) is 25.3 Å². The minimum Gasteiger partial charge on any atom is -0.327 e. The van der Waals surface area contributed by atoms with Gasteiger partial charge in [-0.2, -0.15) is 17.5 Å². The Morgan fingerprint density at radius 3 is 2.62 bits per heavy atom. The molecule has 0 saturated carbocycles. The average molecular weight is 430 g/mol. The van der Waals surface area contributed by atoms with Gasteiger partial charge in [-0.25, -0.2) is 13.4 Å². The Balaban J connectivity index is 1.65. The molecule has 0 radical (unpaired) electrons. The van der Waals surface area contributed by atoms with E-state index >= 15 is 0 Å². The SMILES string of the molecule is CC1CCN(S(=O)(=O)c2cn(CC(=O)Nc3cccc(C(F)(F)F)c3)cn2)CC1. The Kier molecular flexibility index (Phi) is 5.99. The molecule has 1 fully saturated rings. The van der Waals surface area contributed by atoms with E-state index in [4.69, 9.17) is 0 Å². The van der Waals surface area contributed by atoms with Crippen molar-refractivity contribution >= 4 is 21.6 Å². The maximum atomic E-state index is 12.8. The number of carbonyl (C=O) groups excluding carboxylic acids is 1. The van der Waals surface area contributed by atoms with Crippen LogP contribution in [0.4, 0.5) is 18.9 Å². The molecule has 1 saturated heterocycles. The molecule has 0 spiro atoms. The third kappa shape index (κ3) is 5.15. The quantitative estimate of drug-likeness (QED) is 0.791. The summed E-state index contributed by atoms with van der Waals surface area (Å²) < 4.78 is 66.2. The topological polar surface area (TPSA) is 84.3 Å². The van der Waals surface area contributed by atoms with E-state index in [0.717, 1.165) is 25.0 Å². The molecule has 1 aliphatic heterocycles. The van der Waals surface area contributed by atoms with E-state index in [9.17, 15) is 26.4 Å². The summed E-state index contributed by atoms with van der Waals surface area (Å²) in [6, 6.07) is 4.27. The first-order chi connectivity index (χ1) is 13.6. The summed E-state index contributed by atoms with van der Waals surface area (Å²) in [5.41, 5.74) is -0.873. The molecule has 7 nitrogen and oxygen atoms in total. The number of piperidine rings is 1. The molecular formula is C18H21F3N4O3S. The summed E-state index contributed by atoms with van der Waals surface area (Å²) in [6.45, 7) is 2.64. The van der Waals surface area contributed by atoms with Crippen molar-refractivity contribution in [3.05, 3.63) is 42.4 Å². The third-order valence-corrected chi connectivity index (χ3v) is 6.54. The lowest BCUT2D eigenvalue weighted by molar-refractivity contribution is -0.137. The molecule has 2 heterocycles. The highest BCUT2D eigenvalue weighted by atomic mass is 32.2. The van der Waals surface area contributed by atoms with Crippen LogP contribution < -0.4 is 5.32 Å². The van der Waals surface area contributed by atoms with Crippen LogP contribution in [0.3, 0.4) is 0 Å². The summed E-state index contributed by atoms with van der Waals surface area (Å²) in [4.78, 5) is 16.0. The van der Waals surface area contributed by atoms with Crippen LogP contribution in [0.2, 0.25) is 0 Å². The summed E-state index contributed by atoms with van der Waals surface area (Å²) in [5.74, 6) is -0.129. The monoisotopic (exact) mass is 430 g/mol. The maximum absolute atomic E-state index is 12.8. The maximum Gasteiger partial charge on any atom is 0.416 e. The van der Waals surface area contributed by atoms with Gasteiger partial charge < -0.3 is 9.88 Å². The van der Waals surface area contributed by atoms with Crippen molar-refractivity contribution in [2.45, 2.75) is 37.5 Å². The minimum atomic E-state index is -4.51. The van der Waals surface area contributed by atoms with Gasteiger partial charge in [0.2, 0.25) is 5.91 Å². The van der Waals surface area contributed by atoms with Crippen molar-refractivity contribution in [2.24, 2.45) is 5.92 Å². The van der Waals surface area contributed by atoms with Gasteiger partial charge in [-0.1, -0.05) is 13.0 Å². The van der Waals surface area contributed by atoms with E-state index in [1.807, 2.05) is 0 Å². The third-order valence-electron chi connectivity index (χ3n) is 4.76. The van der Waals surface area contributed by atoms with Gasteiger partial charge in [0.05, 0.1) is 11.9 Å². The molecule has 3 rings (SSSR count). The first-order valence-electron chi connectivity index (χ1n) is 9.05. The minimum absolute atomic E-state index is 0.000205. The second-order valence-electron chi connectivity index (χ2n) is 7.10. The molecule has 0 bridgehead atoms. The fraction of sp³-hybridized carbons (Fsp3) is 0.444. The van der Waals surface area contributed by atoms with E-state index in [0.29, 0.717) is 19.0 Å². The molecule has 1 aromatic carbocycles. The Morgan fingerprint density at radius 2 is 1.97 bits per heavy atom. The molecular weight excluding hydrogens is 409 g/mol. The number of aromatic nitrogens is 2. The summed E-state index contributed by atoms with van der Waals surface area (Å²) in [6.07, 6.45) is -0.497. The molecule has 1 N–H and O–H groups in total. The van der Waals surface area contributed by atoms with Gasteiger partial charge in [0.1, 0.15) is 6.54 Å².